The monoisotopic (exact) mass is 204 g/mol. The van der Waals surface area contributed by atoms with Crippen LogP contribution in [0.25, 0.3) is 0 Å². The molecule has 0 aromatic heterocycles. The van der Waals surface area contributed by atoms with Gasteiger partial charge in [-0.15, -0.1) is 3.89 Å². The molecule has 6 heteroatoms. The van der Waals surface area contributed by atoms with Crippen LogP contribution in [0.1, 0.15) is 10.4 Å². The standard InChI is InChI=1S/C7H5FO4S/c8-13(11,12)6-1-2-7(10)5(3-6)4-9/h1-4,10H. The first-order valence-corrected chi connectivity index (χ1v) is 4.56. The van der Waals surface area contributed by atoms with E-state index >= 15 is 0 Å². The zero-order chi connectivity index (χ0) is 10.1. The molecule has 0 atom stereocenters. The van der Waals surface area contributed by atoms with Gasteiger partial charge in [0, 0.05) is 0 Å². The summed E-state index contributed by atoms with van der Waals surface area (Å²) in [6.45, 7) is 0. The smallest absolute Gasteiger partial charge is 0.332 e. The minimum Gasteiger partial charge on any atom is -0.507 e. The third kappa shape index (κ3) is 2.03. The molecule has 70 valence electrons. The van der Waals surface area contributed by atoms with Gasteiger partial charge in [0.2, 0.25) is 0 Å². The molecule has 0 unspecified atom stereocenters. The maximum Gasteiger partial charge on any atom is 0.332 e. The van der Waals surface area contributed by atoms with Crippen LogP contribution < -0.4 is 0 Å². The van der Waals surface area contributed by atoms with E-state index < -0.39 is 15.1 Å². The summed E-state index contributed by atoms with van der Waals surface area (Å²) >= 11 is 0. The van der Waals surface area contributed by atoms with Crippen molar-refractivity contribution in [2.75, 3.05) is 0 Å². The van der Waals surface area contributed by atoms with Crippen molar-refractivity contribution in [3.05, 3.63) is 23.8 Å². The van der Waals surface area contributed by atoms with E-state index in [1.165, 1.54) is 0 Å². The van der Waals surface area contributed by atoms with Gasteiger partial charge in [0.1, 0.15) is 5.75 Å². The Balaban J connectivity index is 3.38. The van der Waals surface area contributed by atoms with Crippen LogP contribution in [0.3, 0.4) is 0 Å². The number of rotatable bonds is 2. The second kappa shape index (κ2) is 3.14. The van der Waals surface area contributed by atoms with Crippen molar-refractivity contribution in [3.8, 4) is 5.75 Å². The van der Waals surface area contributed by atoms with Crippen LogP contribution in [0.15, 0.2) is 23.1 Å². The molecule has 4 nitrogen and oxygen atoms in total. The number of aromatic hydroxyl groups is 1. The zero-order valence-electron chi connectivity index (χ0n) is 6.27. The summed E-state index contributed by atoms with van der Waals surface area (Å²) in [6, 6.07) is 2.57. The van der Waals surface area contributed by atoms with E-state index in [2.05, 4.69) is 0 Å². The lowest BCUT2D eigenvalue weighted by Crippen LogP contribution is -1.93. The van der Waals surface area contributed by atoms with Crippen molar-refractivity contribution in [3.63, 3.8) is 0 Å². The lowest BCUT2D eigenvalue weighted by molar-refractivity contribution is 0.112. The van der Waals surface area contributed by atoms with E-state index in [0.29, 0.717) is 0 Å². The first-order valence-electron chi connectivity index (χ1n) is 3.18. The fourth-order valence-corrected chi connectivity index (χ4v) is 1.28. The van der Waals surface area contributed by atoms with E-state index in [1.807, 2.05) is 0 Å². The molecule has 0 aliphatic rings. The van der Waals surface area contributed by atoms with E-state index in [9.17, 15) is 17.1 Å². The Labute approximate surface area is 73.8 Å². The maximum absolute atomic E-state index is 12.3. The fourth-order valence-electron chi connectivity index (χ4n) is 0.779. The van der Waals surface area contributed by atoms with Gasteiger partial charge in [-0.25, -0.2) is 0 Å². The van der Waals surface area contributed by atoms with Crippen molar-refractivity contribution >= 4 is 16.5 Å². The summed E-state index contributed by atoms with van der Waals surface area (Å²) in [5.74, 6) is -0.387. The molecule has 13 heavy (non-hydrogen) atoms. The molecule has 0 saturated heterocycles. The Morgan fingerprint density at radius 1 is 1.38 bits per heavy atom. The molecule has 0 saturated carbocycles. The number of hydrogen-bond acceptors (Lipinski definition) is 4. The highest BCUT2D eigenvalue weighted by atomic mass is 32.3. The van der Waals surface area contributed by atoms with Gasteiger partial charge in [-0.2, -0.15) is 8.42 Å². The highest BCUT2D eigenvalue weighted by molar-refractivity contribution is 7.86. The minimum atomic E-state index is -4.82. The van der Waals surface area contributed by atoms with Gasteiger partial charge in [-0.1, -0.05) is 0 Å². The molecule has 1 N–H and O–H groups in total. The second-order valence-electron chi connectivity index (χ2n) is 2.28. The summed E-state index contributed by atoms with van der Waals surface area (Å²) in [5.41, 5.74) is -0.265. The quantitative estimate of drug-likeness (QED) is 0.573. The molecule has 0 bridgehead atoms. The molecule has 0 aliphatic carbocycles. The number of halogens is 1. The highest BCUT2D eigenvalue weighted by Crippen LogP contribution is 2.20. The van der Waals surface area contributed by atoms with Crippen molar-refractivity contribution in [1.29, 1.82) is 0 Å². The summed E-state index contributed by atoms with van der Waals surface area (Å²) in [6.07, 6.45) is 0.240. The summed E-state index contributed by atoms with van der Waals surface area (Å²) in [5, 5.41) is 8.95. The van der Waals surface area contributed by atoms with Gasteiger partial charge in [0.25, 0.3) is 0 Å². The second-order valence-corrected chi connectivity index (χ2v) is 3.62. The molecular weight excluding hydrogens is 199 g/mol. The SMILES string of the molecule is O=Cc1cc(S(=O)(=O)F)ccc1O. The Morgan fingerprint density at radius 2 is 2.00 bits per heavy atom. The Bertz CT molecular complexity index is 438. The molecule has 0 radical (unpaired) electrons. The van der Waals surface area contributed by atoms with Crippen LogP contribution >= 0.6 is 0 Å². The van der Waals surface area contributed by atoms with E-state index in [0.717, 1.165) is 18.2 Å². The molecule has 0 spiro atoms. The van der Waals surface area contributed by atoms with Crippen LogP contribution in [0.4, 0.5) is 3.89 Å². The van der Waals surface area contributed by atoms with Crippen LogP contribution in [-0.4, -0.2) is 19.8 Å². The van der Waals surface area contributed by atoms with Crippen LogP contribution in [0.2, 0.25) is 0 Å². The van der Waals surface area contributed by atoms with Gasteiger partial charge in [-0.3, -0.25) is 4.79 Å². The summed E-state index contributed by atoms with van der Waals surface area (Å²) in [4.78, 5) is 9.58. The van der Waals surface area contributed by atoms with Gasteiger partial charge in [0.05, 0.1) is 10.5 Å². The molecule has 0 fully saturated rings. The number of benzene rings is 1. The predicted octanol–water partition coefficient (Wildman–Crippen LogP) is 0.863. The number of phenolic OH excluding ortho intramolecular Hbond substituents is 1. The normalized spacial score (nSPS) is 11.2. The van der Waals surface area contributed by atoms with Gasteiger partial charge in [-0.05, 0) is 18.2 Å². The van der Waals surface area contributed by atoms with Gasteiger partial charge in [0.15, 0.2) is 6.29 Å². The molecule has 0 heterocycles. The van der Waals surface area contributed by atoms with Crippen molar-refractivity contribution in [2.45, 2.75) is 4.90 Å². The lowest BCUT2D eigenvalue weighted by Gasteiger charge is -1.98. The maximum atomic E-state index is 12.3. The fraction of sp³-hybridized carbons (Fsp3) is 0. The number of aldehydes is 1. The highest BCUT2D eigenvalue weighted by Gasteiger charge is 2.13. The van der Waals surface area contributed by atoms with Gasteiger partial charge >= 0.3 is 10.2 Å². The first kappa shape index (κ1) is 9.66. The Kier molecular flexibility index (Phi) is 2.33. The minimum absolute atomic E-state index is 0.240. The molecule has 0 amide bonds. The predicted molar refractivity (Wildman–Crippen MR) is 41.8 cm³/mol. The molecule has 1 aromatic rings. The number of carbonyl (C=O) groups excluding carboxylic acids is 1. The van der Waals surface area contributed by atoms with Crippen LogP contribution in [0.5, 0.6) is 5.75 Å². The summed E-state index contributed by atoms with van der Waals surface area (Å²) < 4.78 is 33.0. The largest absolute Gasteiger partial charge is 0.507 e. The lowest BCUT2D eigenvalue weighted by atomic mass is 10.2. The third-order valence-corrected chi connectivity index (χ3v) is 2.22. The molecule has 1 rings (SSSR count). The Morgan fingerprint density at radius 3 is 2.46 bits per heavy atom. The topological polar surface area (TPSA) is 71.4 Å². The van der Waals surface area contributed by atoms with E-state index in [1.54, 1.807) is 0 Å². The first-order chi connectivity index (χ1) is 5.95. The zero-order valence-corrected chi connectivity index (χ0v) is 7.08. The average molecular weight is 204 g/mol. The van der Waals surface area contributed by atoms with Crippen LogP contribution in [0, 0.1) is 0 Å². The number of carbonyl (C=O) groups is 1. The average Bonchev–Trinajstić information content (AvgIpc) is 2.03. The number of phenols is 1. The van der Waals surface area contributed by atoms with Crippen molar-refractivity contribution < 1.29 is 22.2 Å². The van der Waals surface area contributed by atoms with E-state index in [-0.39, 0.29) is 17.6 Å². The molecular formula is C7H5FO4S. The third-order valence-electron chi connectivity index (χ3n) is 1.41. The summed E-state index contributed by atoms with van der Waals surface area (Å²) in [7, 11) is -4.82. The van der Waals surface area contributed by atoms with Crippen LogP contribution in [-0.2, 0) is 10.2 Å². The number of hydrogen-bond donors (Lipinski definition) is 1. The molecule has 1 aromatic carbocycles. The van der Waals surface area contributed by atoms with E-state index in [4.69, 9.17) is 5.11 Å². The Hall–Kier alpha value is -1.43. The molecule has 0 aliphatic heterocycles. The van der Waals surface area contributed by atoms with Gasteiger partial charge < -0.3 is 5.11 Å². The van der Waals surface area contributed by atoms with Crippen molar-refractivity contribution in [1.82, 2.24) is 0 Å². The van der Waals surface area contributed by atoms with Crippen molar-refractivity contribution in [2.24, 2.45) is 0 Å².